The Morgan fingerprint density at radius 3 is 2.35 bits per heavy atom. The number of carbonyl (C=O) groups excluding carboxylic acids is 1. The Morgan fingerprint density at radius 2 is 1.88 bits per heavy atom. The van der Waals surface area contributed by atoms with Crippen LogP contribution in [0.4, 0.5) is 0 Å². The molecule has 1 amide bonds. The van der Waals surface area contributed by atoms with Crippen molar-refractivity contribution in [2.24, 2.45) is 22.5 Å². The third-order valence-electron chi connectivity index (χ3n) is 4.91. The monoisotopic (exact) mass is 238 g/mol. The maximum atomic E-state index is 12.3. The predicted molar refractivity (Wildman–Crippen MR) is 69.5 cm³/mol. The zero-order chi connectivity index (χ0) is 12.5. The summed E-state index contributed by atoms with van der Waals surface area (Å²) in [5, 5.41) is 3.14. The average Bonchev–Trinajstić information content (AvgIpc) is 2.95. The molecular weight excluding hydrogens is 212 g/mol. The van der Waals surface area contributed by atoms with Crippen molar-refractivity contribution in [1.29, 1.82) is 0 Å². The Morgan fingerprint density at radius 1 is 1.29 bits per heavy atom. The van der Waals surface area contributed by atoms with Gasteiger partial charge in [0.2, 0.25) is 5.91 Å². The maximum Gasteiger partial charge on any atom is 0.227 e. The first-order valence-corrected chi connectivity index (χ1v) is 6.99. The summed E-state index contributed by atoms with van der Waals surface area (Å²) in [6.07, 6.45) is 6.75. The quantitative estimate of drug-likeness (QED) is 0.787. The summed E-state index contributed by atoms with van der Waals surface area (Å²) in [6, 6.07) is 0. The summed E-state index contributed by atoms with van der Waals surface area (Å²) in [5.74, 6) is 0.882. The van der Waals surface area contributed by atoms with Gasteiger partial charge in [0.25, 0.3) is 0 Å². The highest BCUT2D eigenvalue weighted by Crippen LogP contribution is 2.51. The Kier molecular flexibility index (Phi) is 3.48. The lowest BCUT2D eigenvalue weighted by Gasteiger charge is -2.34. The molecule has 2 saturated carbocycles. The van der Waals surface area contributed by atoms with Gasteiger partial charge < -0.3 is 11.1 Å². The van der Waals surface area contributed by atoms with Crippen LogP contribution in [-0.4, -0.2) is 19.0 Å². The molecule has 3 N–H and O–H groups in total. The van der Waals surface area contributed by atoms with Crippen molar-refractivity contribution in [3.8, 4) is 0 Å². The van der Waals surface area contributed by atoms with Crippen molar-refractivity contribution in [3.63, 3.8) is 0 Å². The van der Waals surface area contributed by atoms with Gasteiger partial charge in [-0.15, -0.1) is 0 Å². The predicted octanol–water partition coefficient (Wildman–Crippen LogP) is 2.06. The summed E-state index contributed by atoms with van der Waals surface area (Å²) >= 11 is 0. The number of amides is 1. The Bertz CT molecular complexity index is 293. The normalized spacial score (nSPS) is 29.7. The van der Waals surface area contributed by atoms with Crippen LogP contribution in [0.15, 0.2) is 0 Å². The molecule has 0 heterocycles. The van der Waals surface area contributed by atoms with Crippen LogP contribution in [-0.2, 0) is 4.79 Å². The molecule has 98 valence electrons. The largest absolute Gasteiger partial charge is 0.355 e. The number of hydrogen-bond donors (Lipinski definition) is 2. The van der Waals surface area contributed by atoms with E-state index in [9.17, 15) is 4.79 Å². The fourth-order valence-corrected chi connectivity index (χ4v) is 3.08. The van der Waals surface area contributed by atoms with E-state index in [0.717, 1.165) is 32.2 Å². The van der Waals surface area contributed by atoms with Gasteiger partial charge >= 0.3 is 0 Å². The van der Waals surface area contributed by atoms with Gasteiger partial charge in [0.15, 0.2) is 0 Å². The minimum Gasteiger partial charge on any atom is -0.355 e. The zero-order valence-corrected chi connectivity index (χ0v) is 11.2. The minimum atomic E-state index is -0.253. The van der Waals surface area contributed by atoms with E-state index >= 15 is 0 Å². The number of carbonyl (C=O) groups is 1. The van der Waals surface area contributed by atoms with Crippen LogP contribution >= 0.6 is 0 Å². The fraction of sp³-hybridized carbons (Fsp3) is 0.929. The van der Waals surface area contributed by atoms with E-state index in [2.05, 4.69) is 19.2 Å². The second-order valence-electron chi connectivity index (χ2n) is 6.64. The van der Waals surface area contributed by atoms with Gasteiger partial charge in [-0.25, -0.2) is 0 Å². The lowest BCUT2D eigenvalue weighted by molar-refractivity contribution is -0.132. The molecule has 2 aliphatic carbocycles. The SMILES string of the molecule is CC1(C)CC1CNC(=O)C1(CN)CCCCC1. The van der Waals surface area contributed by atoms with Crippen LogP contribution in [0.25, 0.3) is 0 Å². The van der Waals surface area contributed by atoms with E-state index < -0.39 is 0 Å². The molecule has 3 heteroatoms. The maximum absolute atomic E-state index is 12.3. The molecule has 0 saturated heterocycles. The van der Waals surface area contributed by atoms with Gasteiger partial charge in [0.05, 0.1) is 5.41 Å². The highest BCUT2D eigenvalue weighted by molar-refractivity contribution is 5.83. The molecule has 0 aromatic rings. The second kappa shape index (κ2) is 4.60. The smallest absolute Gasteiger partial charge is 0.227 e. The molecule has 0 radical (unpaired) electrons. The first-order valence-electron chi connectivity index (χ1n) is 6.99. The lowest BCUT2D eigenvalue weighted by Crippen LogP contribution is -2.47. The zero-order valence-electron chi connectivity index (χ0n) is 11.2. The van der Waals surface area contributed by atoms with E-state index in [1.165, 1.54) is 12.8 Å². The van der Waals surface area contributed by atoms with Gasteiger partial charge in [-0.2, -0.15) is 0 Å². The molecule has 0 aliphatic heterocycles. The standard InChI is InChI=1S/C14H26N2O/c1-13(2)8-11(13)9-16-12(17)14(10-15)6-4-3-5-7-14/h11H,3-10,15H2,1-2H3,(H,16,17). The Balaban J connectivity index is 1.85. The van der Waals surface area contributed by atoms with E-state index in [4.69, 9.17) is 5.73 Å². The van der Waals surface area contributed by atoms with Crippen LogP contribution in [0.2, 0.25) is 0 Å². The minimum absolute atomic E-state index is 0.211. The molecule has 2 rings (SSSR count). The Hall–Kier alpha value is -0.570. The summed E-state index contributed by atoms with van der Waals surface area (Å²) in [7, 11) is 0. The highest BCUT2D eigenvalue weighted by atomic mass is 16.2. The summed E-state index contributed by atoms with van der Waals surface area (Å²) in [4.78, 5) is 12.3. The van der Waals surface area contributed by atoms with Gasteiger partial charge in [-0.1, -0.05) is 33.1 Å². The molecule has 0 bridgehead atoms. The van der Waals surface area contributed by atoms with Crippen molar-refractivity contribution in [1.82, 2.24) is 5.32 Å². The molecular formula is C14H26N2O. The number of rotatable bonds is 4. The third kappa shape index (κ3) is 2.65. The van der Waals surface area contributed by atoms with Crippen LogP contribution < -0.4 is 11.1 Å². The molecule has 0 aromatic carbocycles. The first-order chi connectivity index (χ1) is 8.00. The lowest BCUT2D eigenvalue weighted by atomic mass is 9.73. The van der Waals surface area contributed by atoms with E-state index in [1.807, 2.05) is 0 Å². The van der Waals surface area contributed by atoms with Gasteiger partial charge in [0, 0.05) is 13.1 Å². The highest BCUT2D eigenvalue weighted by Gasteiger charge is 2.46. The van der Waals surface area contributed by atoms with Crippen molar-refractivity contribution in [2.75, 3.05) is 13.1 Å². The van der Waals surface area contributed by atoms with Crippen molar-refractivity contribution in [3.05, 3.63) is 0 Å². The van der Waals surface area contributed by atoms with Crippen LogP contribution in [0.1, 0.15) is 52.4 Å². The Labute approximate surface area is 105 Å². The molecule has 17 heavy (non-hydrogen) atoms. The third-order valence-corrected chi connectivity index (χ3v) is 4.91. The summed E-state index contributed by atoms with van der Waals surface area (Å²) in [5.41, 5.74) is 6.04. The summed E-state index contributed by atoms with van der Waals surface area (Å²) < 4.78 is 0. The van der Waals surface area contributed by atoms with Crippen molar-refractivity contribution < 1.29 is 4.79 Å². The summed E-state index contributed by atoms with van der Waals surface area (Å²) in [6.45, 7) is 5.88. The first kappa shape index (κ1) is 12.9. The van der Waals surface area contributed by atoms with E-state index in [1.54, 1.807) is 0 Å². The van der Waals surface area contributed by atoms with Gasteiger partial charge in [0.1, 0.15) is 0 Å². The molecule has 1 atom stereocenters. The number of hydrogen-bond acceptors (Lipinski definition) is 2. The van der Waals surface area contributed by atoms with Crippen LogP contribution in [0, 0.1) is 16.7 Å². The van der Waals surface area contributed by atoms with E-state index in [0.29, 0.717) is 17.9 Å². The topological polar surface area (TPSA) is 55.1 Å². The van der Waals surface area contributed by atoms with Crippen molar-refractivity contribution >= 4 is 5.91 Å². The van der Waals surface area contributed by atoms with Gasteiger partial charge in [-0.05, 0) is 30.6 Å². The molecule has 2 fully saturated rings. The van der Waals surface area contributed by atoms with Crippen LogP contribution in [0.5, 0.6) is 0 Å². The molecule has 1 unspecified atom stereocenters. The number of nitrogens with one attached hydrogen (secondary N) is 1. The van der Waals surface area contributed by atoms with E-state index in [-0.39, 0.29) is 11.3 Å². The number of nitrogens with two attached hydrogens (primary N) is 1. The van der Waals surface area contributed by atoms with Gasteiger partial charge in [-0.3, -0.25) is 4.79 Å². The van der Waals surface area contributed by atoms with Crippen molar-refractivity contribution in [2.45, 2.75) is 52.4 Å². The molecule has 0 spiro atoms. The second-order valence-corrected chi connectivity index (χ2v) is 6.64. The molecule has 2 aliphatic rings. The molecule has 0 aromatic heterocycles. The molecule has 3 nitrogen and oxygen atoms in total. The van der Waals surface area contributed by atoms with Crippen LogP contribution in [0.3, 0.4) is 0 Å². The fourth-order valence-electron chi connectivity index (χ4n) is 3.08. The average molecular weight is 238 g/mol.